The van der Waals surface area contributed by atoms with Crippen molar-refractivity contribution < 1.29 is 38.2 Å². The van der Waals surface area contributed by atoms with Crippen LogP contribution in [0.5, 0.6) is 0 Å². The minimum atomic E-state index is -1.01. The molecular weight excluding hydrogens is 745 g/mol. The first-order valence-electron chi connectivity index (χ1n) is 19.9. The van der Waals surface area contributed by atoms with Gasteiger partial charge in [0.05, 0.1) is 60.9 Å². The minimum Gasteiger partial charge on any atom is -0.382 e. The summed E-state index contributed by atoms with van der Waals surface area (Å²) in [5.74, 6) is -0.0207. The van der Waals surface area contributed by atoms with E-state index in [1.807, 2.05) is 24.3 Å². The summed E-state index contributed by atoms with van der Waals surface area (Å²) >= 11 is 0. The number of piperidine rings is 1. The first-order valence-corrected chi connectivity index (χ1v) is 19.9. The number of amides is 4. The molecule has 16 nitrogen and oxygen atoms in total. The summed E-state index contributed by atoms with van der Waals surface area (Å²) in [6.07, 6.45) is 9.89. The Morgan fingerprint density at radius 3 is 2.47 bits per heavy atom. The fourth-order valence-electron chi connectivity index (χ4n) is 7.64. The fourth-order valence-corrected chi connectivity index (χ4v) is 7.64. The number of carbonyl (C=O) groups is 5. The highest BCUT2D eigenvalue weighted by Crippen LogP contribution is 2.38. The summed E-state index contributed by atoms with van der Waals surface area (Å²) in [5, 5.41) is 13.1. The molecule has 1 saturated heterocycles. The Labute approximate surface area is 334 Å². The maximum absolute atomic E-state index is 13.4. The lowest BCUT2D eigenvalue weighted by atomic mass is 9.72. The largest absolute Gasteiger partial charge is 0.382 e. The molecule has 1 atom stereocenters. The third kappa shape index (κ3) is 9.14. The van der Waals surface area contributed by atoms with Gasteiger partial charge in [0.2, 0.25) is 11.8 Å². The Kier molecular flexibility index (Phi) is 11.9. The molecule has 4 N–H and O–H groups in total. The highest BCUT2D eigenvalue weighted by Gasteiger charge is 2.45. The Morgan fingerprint density at radius 1 is 0.845 bits per heavy atom. The van der Waals surface area contributed by atoms with E-state index in [1.54, 1.807) is 36.8 Å². The summed E-state index contributed by atoms with van der Waals surface area (Å²) in [6, 6.07) is 11.9. The van der Waals surface area contributed by atoms with Gasteiger partial charge < -0.3 is 30.2 Å². The van der Waals surface area contributed by atoms with Crippen molar-refractivity contribution in [1.29, 1.82) is 0 Å². The number of aromatic nitrogens is 3. The summed E-state index contributed by atoms with van der Waals surface area (Å²) in [7, 11) is 0. The lowest BCUT2D eigenvalue weighted by Crippen LogP contribution is -2.54. The van der Waals surface area contributed by atoms with E-state index in [4.69, 9.17) is 14.2 Å². The normalized spacial score (nSPS) is 20.1. The lowest BCUT2D eigenvalue weighted by molar-refractivity contribution is -0.136. The van der Waals surface area contributed by atoms with E-state index < -0.39 is 29.7 Å². The molecule has 4 aliphatic rings. The number of nitrogens with one attached hydrogen (secondary N) is 4. The summed E-state index contributed by atoms with van der Waals surface area (Å²) in [6.45, 7) is 3.04. The summed E-state index contributed by atoms with van der Waals surface area (Å²) in [5.41, 5.74) is 3.18. The van der Waals surface area contributed by atoms with Crippen molar-refractivity contribution in [3.8, 4) is 0 Å². The van der Waals surface area contributed by atoms with Crippen LogP contribution in [0.15, 0.2) is 61.1 Å². The van der Waals surface area contributed by atoms with E-state index in [0.29, 0.717) is 93.4 Å². The molecule has 0 spiro atoms. The van der Waals surface area contributed by atoms with Gasteiger partial charge in [0, 0.05) is 67.8 Å². The molecule has 8 rings (SSSR count). The third-order valence-corrected chi connectivity index (χ3v) is 10.8. The number of carbonyl (C=O) groups excluding carboxylic acids is 5. The topological polar surface area (TPSA) is 203 Å². The quantitative estimate of drug-likeness (QED) is 0.0553. The van der Waals surface area contributed by atoms with Crippen molar-refractivity contribution >= 4 is 63.3 Å². The first kappa shape index (κ1) is 39.0. The zero-order chi connectivity index (χ0) is 40.0. The van der Waals surface area contributed by atoms with Crippen LogP contribution in [0.2, 0.25) is 0 Å². The van der Waals surface area contributed by atoms with Crippen LogP contribution in [0.3, 0.4) is 0 Å². The molecule has 2 saturated carbocycles. The van der Waals surface area contributed by atoms with E-state index in [1.165, 1.54) is 0 Å². The van der Waals surface area contributed by atoms with E-state index in [0.717, 1.165) is 47.2 Å². The molecular formula is C42H46N8O8. The Morgan fingerprint density at radius 2 is 1.66 bits per heavy atom. The van der Waals surface area contributed by atoms with E-state index >= 15 is 0 Å². The van der Waals surface area contributed by atoms with E-state index in [9.17, 15) is 24.0 Å². The summed E-state index contributed by atoms with van der Waals surface area (Å²) in [4.78, 5) is 77.9. The summed E-state index contributed by atoms with van der Waals surface area (Å²) < 4.78 is 17.2. The van der Waals surface area contributed by atoms with Crippen LogP contribution >= 0.6 is 0 Å². The van der Waals surface area contributed by atoms with Crippen LogP contribution in [-0.2, 0) is 23.8 Å². The molecule has 2 aliphatic carbocycles. The van der Waals surface area contributed by atoms with Gasteiger partial charge in [-0.05, 0) is 74.3 Å². The molecule has 0 bridgehead atoms. The van der Waals surface area contributed by atoms with Gasteiger partial charge in [-0.15, -0.1) is 0 Å². The molecule has 1 aromatic carbocycles. The van der Waals surface area contributed by atoms with Gasteiger partial charge in [0.15, 0.2) is 5.78 Å². The van der Waals surface area contributed by atoms with Crippen LogP contribution in [-0.4, -0.2) is 108 Å². The van der Waals surface area contributed by atoms with E-state index in [-0.39, 0.29) is 29.8 Å². The van der Waals surface area contributed by atoms with Crippen molar-refractivity contribution in [3.05, 3.63) is 77.7 Å². The number of ketones is 1. The zero-order valence-electron chi connectivity index (χ0n) is 32.0. The van der Waals surface area contributed by atoms with Gasteiger partial charge >= 0.3 is 0 Å². The van der Waals surface area contributed by atoms with Crippen LogP contribution in [0.25, 0.3) is 10.9 Å². The molecule has 5 heterocycles. The number of anilines is 4. The van der Waals surface area contributed by atoms with Crippen molar-refractivity contribution in [2.45, 2.75) is 57.0 Å². The van der Waals surface area contributed by atoms with Crippen molar-refractivity contribution in [3.63, 3.8) is 0 Å². The molecule has 4 amide bonds. The van der Waals surface area contributed by atoms with E-state index in [2.05, 4.69) is 36.2 Å². The lowest BCUT2D eigenvalue weighted by Gasteiger charge is -2.34. The van der Waals surface area contributed by atoms with Gasteiger partial charge in [0.1, 0.15) is 17.7 Å². The number of nitrogens with zero attached hydrogens (tertiary/aromatic N) is 4. The third-order valence-electron chi connectivity index (χ3n) is 10.8. The Balaban J connectivity index is 0.686. The first-order chi connectivity index (χ1) is 28.3. The minimum absolute atomic E-state index is 0.0642. The molecule has 4 aromatic rings. The number of imide groups is 2. The van der Waals surface area contributed by atoms with Gasteiger partial charge in [-0.2, -0.15) is 0 Å². The predicted octanol–water partition coefficient (Wildman–Crippen LogP) is 4.50. The maximum atomic E-state index is 13.4. The number of benzene rings is 1. The number of fused-ring (bicyclic) bond motifs is 2. The molecule has 1 unspecified atom stereocenters. The Hall–Kier alpha value is -5.84. The molecule has 2 aliphatic heterocycles. The van der Waals surface area contributed by atoms with Gasteiger partial charge in [-0.25, -0.2) is 9.97 Å². The molecule has 58 heavy (non-hydrogen) atoms. The second kappa shape index (κ2) is 17.7. The molecule has 0 radical (unpaired) electrons. The highest BCUT2D eigenvalue weighted by molar-refractivity contribution is 6.25. The number of hydrogen-bond donors (Lipinski definition) is 4. The van der Waals surface area contributed by atoms with Crippen molar-refractivity contribution in [1.82, 2.24) is 25.2 Å². The number of Topliss-reactive ketones (excluding diaryl/α,β-unsaturated/α-hetero) is 1. The number of hydrogen-bond acceptors (Lipinski definition) is 14. The number of rotatable bonds is 20. The smallest absolute Gasteiger partial charge is 0.264 e. The number of pyridine rings is 3. The van der Waals surface area contributed by atoms with Gasteiger partial charge in [-0.3, -0.25) is 39.2 Å². The van der Waals surface area contributed by atoms with Crippen LogP contribution in [0.4, 0.5) is 23.0 Å². The van der Waals surface area contributed by atoms with Gasteiger partial charge in [-0.1, -0.05) is 6.07 Å². The SMILES string of the molecule is O=C1CCC(N2C(=O)c3cccc(NCCOCCOCCOCC4CC(CC(=O)c5cnc(Nc6ccc7cnccc7n6)cc5NC5CC5)C4)c3C2=O)C(=O)N1. The predicted molar refractivity (Wildman–Crippen MR) is 213 cm³/mol. The second-order valence-corrected chi connectivity index (χ2v) is 15.2. The molecule has 16 heteroatoms. The fraction of sp³-hybridized carbons (Fsp3) is 0.429. The van der Waals surface area contributed by atoms with Crippen molar-refractivity contribution in [2.75, 3.05) is 62.1 Å². The second-order valence-electron chi connectivity index (χ2n) is 15.2. The molecule has 3 fully saturated rings. The molecule has 3 aromatic heterocycles. The Bertz CT molecular complexity index is 2210. The van der Waals surface area contributed by atoms with Crippen molar-refractivity contribution in [2.24, 2.45) is 11.8 Å². The maximum Gasteiger partial charge on any atom is 0.264 e. The average molecular weight is 791 g/mol. The monoisotopic (exact) mass is 790 g/mol. The van der Waals surface area contributed by atoms with Crippen LogP contribution in [0, 0.1) is 11.8 Å². The van der Waals surface area contributed by atoms with Crippen LogP contribution in [0.1, 0.15) is 76.0 Å². The van der Waals surface area contributed by atoms with Crippen LogP contribution < -0.4 is 21.3 Å². The highest BCUT2D eigenvalue weighted by atomic mass is 16.5. The van der Waals surface area contributed by atoms with Gasteiger partial charge in [0.25, 0.3) is 11.8 Å². The zero-order valence-corrected chi connectivity index (χ0v) is 32.0. The number of ether oxygens (including phenoxy) is 3. The average Bonchev–Trinajstić information content (AvgIpc) is 3.99. The molecule has 302 valence electrons. The standard InChI is InChI=1S/C42H46N8O8/c51-35(30-23-45-37(21-33(30)46-28-5-6-28)48-36-8-4-27-22-43-11-10-31(27)47-36)20-25-18-26(19-25)24-58-17-16-57-15-14-56-13-12-44-32-3-1-2-29-39(32)42(55)50(41(29)54)34-7-9-38(52)49-40(34)53/h1-4,8,10-11,21-23,25-26,28,34,44H,5-7,9,12-20,24H2,(H,49,52,53)(H2,45,46,47,48).